The first-order valence-electron chi connectivity index (χ1n) is 9.75. The van der Waals surface area contributed by atoms with Gasteiger partial charge >= 0.3 is 12.3 Å². The van der Waals surface area contributed by atoms with Crippen molar-refractivity contribution in [3.63, 3.8) is 0 Å². The molecule has 0 bridgehead atoms. The van der Waals surface area contributed by atoms with Crippen LogP contribution in [0.5, 0.6) is 11.5 Å². The summed E-state index contributed by atoms with van der Waals surface area (Å²) >= 11 is 0. The Morgan fingerprint density at radius 3 is 1.76 bits per heavy atom. The van der Waals surface area contributed by atoms with Gasteiger partial charge in [-0.05, 0) is 31.9 Å². The zero-order valence-electron chi connectivity index (χ0n) is 16.8. The molecule has 0 radical (unpaired) electrons. The van der Waals surface area contributed by atoms with Gasteiger partial charge in [-0.3, -0.25) is 0 Å². The number of hydrogen-bond donors (Lipinski definition) is 0. The van der Waals surface area contributed by atoms with E-state index >= 15 is 0 Å². The Hall–Kier alpha value is -3.28. The highest BCUT2D eigenvalue weighted by molar-refractivity contribution is 6.12. The van der Waals surface area contributed by atoms with Crippen molar-refractivity contribution < 1.29 is 28.5 Å². The Labute approximate surface area is 169 Å². The maximum atomic E-state index is 12.1. The van der Waals surface area contributed by atoms with E-state index in [4.69, 9.17) is 18.9 Å². The highest BCUT2D eigenvalue weighted by atomic mass is 16.7. The van der Waals surface area contributed by atoms with Gasteiger partial charge in [0, 0.05) is 21.5 Å². The highest BCUT2D eigenvalue weighted by Crippen LogP contribution is 2.43. The Balaban J connectivity index is 2.29. The topological polar surface area (TPSA) is 71.1 Å². The van der Waals surface area contributed by atoms with Gasteiger partial charge in [0.25, 0.3) is 0 Å². The molecule has 6 heteroatoms. The minimum absolute atomic E-state index is 0.208. The van der Waals surface area contributed by atoms with Crippen molar-refractivity contribution >= 4 is 33.9 Å². The average Bonchev–Trinajstić information content (AvgIpc) is 2.71. The predicted molar refractivity (Wildman–Crippen MR) is 111 cm³/mol. The zero-order valence-corrected chi connectivity index (χ0v) is 16.8. The fourth-order valence-corrected chi connectivity index (χ4v) is 3.27. The molecule has 3 rings (SSSR count). The van der Waals surface area contributed by atoms with Crippen molar-refractivity contribution in [2.24, 2.45) is 0 Å². The first-order chi connectivity index (χ1) is 14.1. The van der Waals surface area contributed by atoms with Crippen LogP contribution in [0.1, 0.15) is 32.8 Å². The number of ether oxygens (including phenoxy) is 4. The van der Waals surface area contributed by atoms with Gasteiger partial charge in [0.2, 0.25) is 0 Å². The number of rotatable bonds is 6. The zero-order chi connectivity index (χ0) is 20.8. The Morgan fingerprint density at radius 2 is 1.24 bits per heavy atom. The van der Waals surface area contributed by atoms with E-state index in [-0.39, 0.29) is 13.2 Å². The molecule has 0 fully saturated rings. The van der Waals surface area contributed by atoms with Crippen LogP contribution in [0.25, 0.3) is 21.5 Å². The molecule has 3 aromatic carbocycles. The lowest BCUT2D eigenvalue weighted by Crippen LogP contribution is -2.12. The summed E-state index contributed by atoms with van der Waals surface area (Å²) in [5, 5.41) is 2.59. The molecule has 3 aromatic rings. The standard InChI is InChI=1S/C23H24O6/c1-4-9-15-12-13-18-19(14-15)21(29-23(25)27-6-3)17-11-8-7-10-16(17)20(18)28-22(24)26-5-2/h7-8,10-14H,4-6,9H2,1-3H3. The molecule has 0 saturated carbocycles. The van der Waals surface area contributed by atoms with E-state index in [2.05, 4.69) is 6.92 Å². The molecule has 0 heterocycles. The summed E-state index contributed by atoms with van der Waals surface area (Å²) in [6.07, 6.45) is 0.282. The lowest BCUT2D eigenvalue weighted by atomic mass is 9.97. The van der Waals surface area contributed by atoms with Gasteiger partial charge in [-0.2, -0.15) is 0 Å². The molecular formula is C23H24O6. The molecule has 0 aromatic heterocycles. The third-order valence-corrected chi connectivity index (χ3v) is 4.42. The lowest BCUT2D eigenvalue weighted by Gasteiger charge is -2.16. The highest BCUT2D eigenvalue weighted by Gasteiger charge is 2.21. The molecule has 0 aliphatic rings. The van der Waals surface area contributed by atoms with Gasteiger partial charge in [0.1, 0.15) is 11.5 Å². The SMILES string of the molecule is CCCc1ccc2c(OC(=O)OCC)c3ccccc3c(OC(=O)OCC)c2c1. The fourth-order valence-electron chi connectivity index (χ4n) is 3.27. The van der Waals surface area contributed by atoms with Crippen molar-refractivity contribution in [2.75, 3.05) is 13.2 Å². The first-order valence-corrected chi connectivity index (χ1v) is 9.75. The van der Waals surface area contributed by atoms with E-state index in [1.807, 2.05) is 36.4 Å². The molecule has 0 saturated heterocycles. The van der Waals surface area contributed by atoms with Crippen molar-refractivity contribution in [3.8, 4) is 11.5 Å². The summed E-state index contributed by atoms with van der Waals surface area (Å²) in [4.78, 5) is 24.2. The summed E-state index contributed by atoms with van der Waals surface area (Å²) in [5.74, 6) is 0.747. The van der Waals surface area contributed by atoms with Gasteiger partial charge < -0.3 is 18.9 Å². The molecule has 0 atom stereocenters. The average molecular weight is 396 g/mol. The molecular weight excluding hydrogens is 372 g/mol. The third-order valence-electron chi connectivity index (χ3n) is 4.42. The molecule has 6 nitrogen and oxygen atoms in total. The van der Waals surface area contributed by atoms with Crippen molar-refractivity contribution in [3.05, 3.63) is 48.0 Å². The Bertz CT molecular complexity index is 1040. The van der Waals surface area contributed by atoms with Crippen molar-refractivity contribution in [1.82, 2.24) is 0 Å². The van der Waals surface area contributed by atoms with Crippen LogP contribution in [0.4, 0.5) is 9.59 Å². The number of fused-ring (bicyclic) bond motifs is 2. The van der Waals surface area contributed by atoms with Crippen LogP contribution >= 0.6 is 0 Å². The van der Waals surface area contributed by atoms with Crippen LogP contribution in [-0.2, 0) is 15.9 Å². The molecule has 29 heavy (non-hydrogen) atoms. The van der Waals surface area contributed by atoms with Crippen LogP contribution in [0.2, 0.25) is 0 Å². The normalized spacial score (nSPS) is 10.7. The molecule has 152 valence electrons. The molecule has 0 spiro atoms. The summed E-state index contributed by atoms with van der Waals surface area (Å²) in [7, 11) is 0. The third kappa shape index (κ3) is 4.42. The van der Waals surface area contributed by atoms with E-state index in [9.17, 15) is 9.59 Å². The Morgan fingerprint density at radius 1 is 0.724 bits per heavy atom. The number of benzene rings is 3. The van der Waals surface area contributed by atoms with E-state index in [0.717, 1.165) is 18.4 Å². The number of aryl methyl sites for hydroxylation is 1. The first kappa shape index (κ1) is 20.5. The largest absolute Gasteiger partial charge is 0.513 e. The molecule has 0 unspecified atom stereocenters. The number of carbonyl (C=O) groups excluding carboxylic acids is 2. The summed E-state index contributed by atoms with van der Waals surface area (Å²) < 4.78 is 21.1. The maximum Gasteiger partial charge on any atom is 0.513 e. The Kier molecular flexibility index (Phi) is 6.54. The van der Waals surface area contributed by atoms with Crippen LogP contribution in [-0.4, -0.2) is 25.5 Å². The smallest absolute Gasteiger partial charge is 0.434 e. The van der Waals surface area contributed by atoms with Gasteiger partial charge in [0.15, 0.2) is 0 Å². The van der Waals surface area contributed by atoms with Gasteiger partial charge in [-0.25, -0.2) is 9.59 Å². The van der Waals surface area contributed by atoms with Crippen LogP contribution in [0.3, 0.4) is 0 Å². The molecule has 0 N–H and O–H groups in total. The quantitative estimate of drug-likeness (QED) is 0.288. The van der Waals surface area contributed by atoms with Crippen molar-refractivity contribution in [2.45, 2.75) is 33.6 Å². The van der Waals surface area contributed by atoms with Crippen molar-refractivity contribution in [1.29, 1.82) is 0 Å². The van der Waals surface area contributed by atoms with Gasteiger partial charge in [-0.1, -0.05) is 49.7 Å². The van der Waals surface area contributed by atoms with E-state index in [0.29, 0.717) is 33.0 Å². The van der Waals surface area contributed by atoms with E-state index in [1.165, 1.54) is 0 Å². The molecule has 0 amide bonds. The van der Waals surface area contributed by atoms with E-state index in [1.54, 1.807) is 19.9 Å². The lowest BCUT2D eigenvalue weighted by molar-refractivity contribution is 0.103. The van der Waals surface area contributed by atoms with E-state index < -0.39 is 12.3 Å². The van der Waals surface area contributed by atoms with Gasteiger partial charge in [0.05, 0.1) is 13.2 Å². The van der Waals surface area contributed by atoms with Crippen LogP contribution in [0, 0.1) is 0 Å². The van der Waals surface area contributed by atoms with Crippen LogP contribution < -0.4 is 9.47 Å². The molecule has 0 aliphatic heterocycles. The summed E-state index contributed by atoms with van der Waals surface area (Å²) in [6.45, 7) is 5.94. The minimum atomic E-state index is -0.782. The fraction of sp³-hybridized carbons (Fsp3) is 0.304. The summed E-state index contributed by atoms with van der Waals surface area (Å²) in [6, 6.07) is 13.1. The minimum Gasteiger partial charge on any atom is -0.434 e. The number of hydrogen-bond acceptors (Lipinski definition) is 6. The predicted octanol–water partition coefficient (Wildman–Crippen LogP) is 6.02. The monoisotopic (exact) mass is 396 g/mol. The van der Waals surface area contributed by atoms with Gasteiger partial charge in [-0.15, -0.1) is 0 Å². The number of carbonyl (C=O) groups is 2. The van der Waals surface area contributed by atoms with Crippen LogP contribution in [0.15, 0.2) is 42.5 Å². The molecule has 0 aliphatic carbocycles. The summed E-state index contributed by atoms with van der Waals surface area (Å²) in [5.41, 5.74) is 1.09. The second-order valence-corrected chi connectivity index (χ2v) is 6.40. The second-order valence-electron chi connectivity index (χ2n) is 6.40. The second kappa shape index (κ2) is 9.28. The maximum absolute atomic E-state index is 12.1.